The van der Waals surface area contributed by atoms with Gasteiger partial charge in [0.2, 0.25) is 0 Å². The van der Waals surface area contributed by atoms with Gasteiger partial charge < -0.3 is 10.6 Å². The summed E-state index contributed by atoms with van der Waals surface area (Å²) in [7, 11) is 0. The van der Waals surface area contributed by atoms with E-state index in [2.05, 4.69) is 29.8 Å². The Morgan fingerprint density at radius 3 is 2.68 bits per heavy atom. The van der Waals surface area contributed by atoms with E-state index in [1.165, 1.54) is 0 Å². The summed E-state index contributed by atoms with van der Waals surface area (Å²) in [6, 6.07) is 8.18. The predicted molar refractivity (Wildman–Crippen MR) is 84.7 cm³/mol. The highest BCUT2D eigenvalue weighted by Gasteiger charge is 2.07. The SMILES string of the molecule is CCN(CC)CCSc1c(N)cnc2ccccc12. The molecule has 0 radical (unpaired) electrons. The molecule has 0 spiro atoms. The molecule has 19 heavy (non-hydrogen) atoms. The van der Waals surface area contributed by atoms with Crippen LogP contribution in [0.5, 0.6) is 0 Å². The van der Waals surface area contributed by atoms with Crippen molar-refractivity contribution < 1.29 is 0 Å². The largest absolute Gasteiger partial charge is 0.397 e. The molecular formula is C15H21N3S. The molecule has 0 fully saturated rings. The number of anilines is 1. The number of hydrogen-bond acceptors (Lipinski definition) is 4. The van der Waals surface area contributed by atoms with Crippen molar-refractivity contribution >= 4 is 28.4 Å². The van der Waals surface area contributed by atoms with Crippen LogP contribution in [-0.2, 0) is 0 Å². The molecule has 2 aromatic rings. The van der Waals surface area contributed by atoms with Gasteiger partial charge in [0.1, 0.15) is 0 Å². The molecule has 1 aromatic heterocycles. The molecule has 0 aliphatic carbocycles. The van der Waals surface area contributed by atoms with Gasteiger partial charge in [-0.1, -0.05) is 32.0 Å². The Hall–Kier alpha value is -1.26. The molecule has 3 nitrogen and oxygen atoms in total. The lowest BCUT2D eigenvalue weighted by atomic mass is 10.2. The first-order valence-corrected chi connectivity index (χ1v) is 7.73. The van der Waals surface area contributed by atoms with Gasteiger partial charge in [-0.2, -0.15) is 0 Å². The van der Waals surface area contributed by atoms with E-state index < -0.39 is 0 Å². The molecule has 0 saturated heterocycles. The van der Waals surface area contributed by atoms with E-state index in [0.29, 0.717) is 0 Å². The average molecular weight is 275 g/mol. The summed E-state index contributed by atoms with van der Waals surface area (Å²) in [6.07, 6.45) is 1.77. The second kappa shape index (κ2) is 6.78. The van der Waals surface area contributed by atoms with Crippen molar-refractivity contribution in [1.82, 2.24) is 9.88 Å². The van der Waals surface area contributed by atoms with Crippen LogP contribution in [-0.4, -0.2) is 35.3 Å². The quantitative estimate of drug-likeness (QED) is 0.822. The maximum absolute atomic E-state index is 6.07. The minimum absolute atomic E-state index is 0.781. The molecule has 4 heteroatoms. The number of aromatic nitrogens is 1. The van der Waals surface area contributed by atoms with Crippen molar-refractivity contribution in [3.63, 3.8) is 0 Å². The van der Waals surface area contributed by atoms with E-state index in [-0.39, 0.29) is 0 Å². The van der Waals surface area contributed by atoms with Crippen molar-refractivity contribution in [3.05, 3.63) is 30.5 Å². The second-order valence-corrected chi connectivity index (χ2v) is 5.54. The van der Waals surface area contributed by atoms with Crippen LogP contribution in [0.4, 0.5) is 5.69 Å². The van der Waals surface area contributed by atoms with Crippen LogP contribution in [0.1, 0.15) is 13.8 Å². The number of fused-ring (bicyclic) bond motifs is 1. The minimum atomic E-state index is 0.781. The minimum Gasteiger partial charge on any atom is -0.397 e. The molecule has 0 unspecified atom stereocenters. The van der Waals surface area contributed by atoms with Gasteiger partial charge in [0, 0.05) is 22.6 Å². The monoisotopic (exact) mass is 275 g/mol. The Labute approximate surface area is 119 Å². The van der Waals surface area contributed by atoms with Gasteiger partial charge in [0.15, 0.2) is 0 Å². The summed E-state index contributed by atoms with van der Waals surface area (Å²) in [5.74, 6) is 1.06. The van der Waals surface area contributed by atoms with Crippen molar-refractivity contribution in [3.8, 4) is 0 Å². The van der Waals surface area contributed by atoms with E-state index in [1.54, 1.807) is 6.20 Å². The van der Waals surface area contributed by atoms with Crippen LogP contribution in [0.2, 0.25) is 0 Å². The molecule has 0 aliphatic rings. The molecule has 2 N–H and O–H groups in total. The zero-order valence-corrected chi connectivity index (χ0v) is 12.4. The number of pyridine rings is 1. The molecule has 0 bridgehead atoms. The van der Waals surface area contributed by atoms with Gasteiger partial charge in [-0.25, -0.2) is 0 Å². The van der Waals surface area contributed by atoms with Crippen LogP contribution in [0, 0.1) is 0 Å². The Kier molecular flexibility index (Phi) is 5.05. The lowest BCUT2D eigenvalue weighted by Crippen LogP contribution is -2.25. The lowest BCUT2D eigenvalue weighted by Gasteiger charge is -2.18. The maximum Gasteiger partial charge on any atom is 0.0714 e. The summed E-state index contributed by atoms with van der Waals surface area (Å²) in [4.78, 5) is 7.96. The molecule has 0 amide bonds. The van der Waals surface area contributed by atoms with E-state index in [9.17, 15) is 0 Å². The highest BCUT2D eigenvalue weighted by molar-refractivity contribution is 7.99. The Morgan fingerprint density at radius 2 is 1.95 bits per heavy atom. The molecule has 0 aliphatic heterocycles. The average Bonchev–Trinajstić information content (AvgIpc) is 2.45. The third-order valence-corrected chi connectivity index (χ3v) is 4.43. The van der Waals surface area contributed by atoms with Crippen LogP contribution >= 0.6 is 11.8 Å². The van der Waals surface area contributed by atoms with Crippen LogP contribution < -0.4 is 5.73 Å². The van der Waals surface area contributed by atoms with Gasteiger partial charge in [0.05, 0.1) is 17.4 Å². The fourth-order valence-corrected chi connectivity index (χ4v) is 3.21. The van der Waals surface area contributed by atoms with E-state index in [1.807, 2.05) is 30.0 Å². The number of nitrogens with two attached hydrogens (primary N) is 1. The summed E-state index contributed by atoms with van der Waals surface area (Å²) in [6.45, 7) is 7.69. The van der Waals surface area contributed by atoms with E-state index in [4.69, 9.17) is 5.73 Å². The van der Waals surface area contributed by atoms with Crippen molar-refractivity contribution in [2.45, 2.75) is 18.7 Å². The lowest BCUT2D eigenvalue weighted by molar-refractivity contribution is 0.324. The number of para-hydroxylation sites is 1. The predicted octanol–water partition coefficient (Wildman–Crippen LogP) is 3.25. The molecule has 1 heterocycles. The molecule has 1 aromatic carbocycles. The van der Waals surface area contributed by atoms with Gasteiger partial charge in [-0.3, -0.25) is 4.98 Å². The first-order chi connectivity index (χ1) is 9.26. The molecular weight excluding hydrogens is 254 g/mol. The number of nitrogens with zero attached hydrogens (tertiary/aromatic N) is 2. The maximum atomic E-state index is 6.07. The molecule has 0 atom stereocenters. The Balaban J connectivity index is 2.13. The fraction of sp³-hybridized carbons (Fsp3) is 0.400. The first-order valence-electron chi connectivity index (χ1n) is 6.74. The number of rotatable bonds is 6. The van der Waals surface area contributed by atoms with Crippen molar-refractivity contribution in [1.29, 1.82) is 0 Å². The molecule has 2 rings (SSSR count). The number of thioether (sulfide) groups is 1. The summed E-state index contributed by atoms with van der Waals surface area (Å²) in [5, 5.41) is 1.16. The third-order valence-electron chi connectivity index (χ3n) is 3.30. The number of benzene rings is 1. The number of nitrogen functional groups attached to an aromatic ring is 1. The van der Waals surface area contributed by atoms with Crippen LogP contribution in [0.15, 0.2) is 35.4 Å². The Bertz CT molecular complexity index is 538. The van der Waals surface area contributed by atoms with Gasteiger partial charge in [-0.15, -0.1) is 11.8 Å². The van der Waals surface area contributed by atoms with Crippen molar-refractivity contribution in [2.24, 2.45) is 0 Å². The number of hydrogen-bond donors (Lipinski definition) is 1. The molecule has 102 valence electrons. The van der Waals surface area contributed by atoms with E-state index >= 15 is 0 Å². The van der Waals surface area contributed by atoms with Gasteiger partial charge in [0.25, 0.3) is 0 Å². The summed E-state index contributed by atoms with van der Waals surface area (Å²) >= 11 is 1.83. The zero-order valence-electron chi connectivity index (χ0n) is 11.6. The van der Waals surface area contributed by atoms with Crippen LogP contribution in [0.3, 0.4) is 0 Å². The summed E-state index contributed by atoms with van der Waals surface area (Å²) < 4.78 is 0. The van der Waals surface area contributed by atoms with Gasteiger partial charge in [-0.05, 0) is 19.2 Å². The highest BCUT2D eigenvalue weighted by Crippen LogP contribution is 2.31. The Morgan fingerprint density at radius 1 is 1.21 bits per heavy atom. The normalized spacial score (nSPS) is 11.3. The van der Waals surface area contributed by atoms with Crippen LogP contribution in [0.25, 0.3) is 10.9 Å². The summed E-state index contributed by atoms with van der Waals surface area (Å²) in [5.41, 5.74) is 7.87. The second-order valence-electron chi connectivity index (χ2n) is 4.44. The smallest absolute Gasteiger partial charge is 0.0714 e. The fourth-order valence-electron chi connectivity index (χ4n) is 2.11. The third kappa shape index (κ3) is 3.39. The van der Waals surface area contributed by atoms with Gasteiger partial charge >= 0.3 is 0 Å². The van der Waals surface area contributed by atoms with Crippen molar-refractivity contribution in [2.75, 3.05) is 31.1 Å². The highest BCUT2D eigenvalue weighted by atomic mass is 32.2. The van der Waals surface area contributed by atoms with E-state index in [0.717, 1.165) is 46.9 Å². The molecule has 0 saturated carbocycles. The standard InChI is InChI=1S/C15H21N3S/c1-3-18(4-2)9-10-19-15-12-7-5-6-8-14(12)17-11-13(15)16/h5-8,11H,3-4,9-10,16H2,1-2H3. The zero-order chi connectivity index (χ0) is 13.7. The first kappa shape index (κ1) is 14.2. The topological polar surface area (TPSA) is 42.1 Å².